The van der Waals surface area contributed by atoms with Crippen LogP contribution in [0.4, 0.5) is 39.5 Å². The Bertz CT molecular complexity index is 1030. The Balaban J connectivity index is 2.31. The second kappa shape index (κ2) is 8.25. The van der Waals surface area contributed by atoms with Gasteiger partial charge in [0.2, 0.25) is 0 Å². The fourth-order valence-corrected chi connectivity index (χ4v) is 5.72. The molecule has 1 fully saturated rings. The molecule has 0 aromatic heterocycles. The van der Waals surface area contributed by atoms with Crippen molar-refractivity contribution < 1.29 is 60.5 Å². The Kier molecular flexibility index (Phi) is 6.85. The third kappa shape index (κ3) is 4.39. The van der Waals surface area contributed by atoms with E-state index in [4.69, 9.17) is 0 Å². The number of sulfone groups is 1. The minimum atomic E-state index is -7.43. The molecular formula is C16H15F9O5S2. The zero-order chi connectivity index (χ0) is 24.8. The van der Waals surface area contributed by atoms with Gasteiger partial charge in [-0.15, -0.1) is 0 Å². The molecule has 0 aliphatic heterocycles. The first-order valence-electron chi connectivity index (χ1n) is 8.77. The van der Waals surface area contributed by atoms with Crippen molar-refractivity contribution in [2.24, 2.45) is 0 Å². The van der Waals surface area contributed by atoms with E-state index in [1.165, 1.54) is 0 Å². The first kappa shape index (κ1) is 26.5. The second-order valence-electron chi connectivity index (χ2n) is 6.98. The molecule has 1 aromatic rings. The van der Waals surface area contributed by atoms with Gasteiger partial charge in [0.1, 0.15) is 5.75 Å². The van der Waals surface area contributed by atoms with E-state index in [2.05, 4.69) is 4.18 Å². The van der Waals surface area contributed by atoms with Crippen LogP contribution in [-0.2, 0) is 20.0 Å². The standard InChI is InChI=1S/C16H15F9O5S2/c17-13(18,15(21,22)23)14(19,20)16(24,25)32(28,29)30-10-6-8-12(9-7-10)31(26,27)11-4-2-1-3-5-11/h6-9,11H,1-5H2. The molecule has 184 valence electrons. The number of hydrogen-bond acceptors (Lipinski definition) is 5. The van der Waals surface area contributed by atoms with Crippen LogP contribution < -0.4 is 4.18 Å². The van der Waals surface area contributed by atoms with Gasteiger partial charge in [-0.2, -0.15) is 47.9 Å². The average molecular weight is 522 g/mol. The second-order valence-corrected chi connectivity index (χ2v) is 10.8. The van der Waals surface area contributed by atoms with E-state index >= 15 is 0 Å². The number of halogens is 9. The van der Waals surface area contributed by atoms with E-state index in [9.17, 15) is 56.3 Å². The van der Waals surface area contributed by atoms with Gasteiger partial charge in [-0.05, 0) is 37.1 Å². The van der Waals surface area contributed by atoms with Crippen LogP contribution >= 0.6 is 0 Å². The van der Waals surface area contributed by atoms with E-state index in [-0.39, 0.29) is 4.90 Å². The molecule has 0 radical (unpaired) electrons. The maximum Gasteiger partial charge on any atom is 0.460 e. The number of hydrogen-bond donors (Lipinski definition) is 0. The summed E-state index contributed by atoms with van der Waals surface area (Å²) in [6.07, 6.45) is -4.44. The molecule has 1 aromatic carbocycles. The molecule has 1 saturated carbocycles. The molecule has 2 rings (SSSR count). The molecule has 0 spiro atoms. The third-order valence-electron chi connectivity index (χ3n) is 4.78. The van der Waals surface area contributed by atoms with Gasteiger partial charge < -0.3 is 4.18 Å². The van der Waals surface area contributed by atoms with Crippen molar-refractivity contribution in [2.45, 2.75) is 65.5 Å². The first-order chi connectivity index (χ1) is 14.3. The highest BCUT2D eigenvalue weighted by atomic mass is 32.2. The SMILES string of the molecule is O=S(=O)(c1ccc(OS(=O)(=O)C(F)(F)C(F)(F)C(F)(F)C(F)(F)F)cc1)C1CCCCC1. The maximum absolute atomic E-state index is 13.7. The molecule has 0 N–H and O–H groups in total. The van der Waals surface area contributed by atoms with Gasteiger partial charge >= 0.3 is 33.4 Å². The Hall–Kier alpha value is -1.71. The molecule has 16 heteroatoms. The number of alkyl halides is 9. The van der Waals surface area contributed by atoms with Crippen LogP contribution in [0.2, 0.25) is 0 Å². The van der Waals surface area contributed by atoms with Crippen LogP contribution in [0.3, 0.4) is 0 Å². The highest BCUT2D eigenvalue weighted by Gasteiger charge is 2.86. The molecule has 0 amide bonds. The van der Waals surface area contributed by atoms with Gasteiger partial charge in [0.25, 0.3) is 0 Å². The van der Waals surface area contributed by atoms with E-state index in [0.717, 1.165) is 6.42 Å². The third-order valence-corrected chi connectivity index (χ3v) is 8.35. The van der Waals surface area contributed by atoms with E-state index in [1.54, 1.807) is 0 Å². The normalized spacial score (nSPS) is 17.9. The molecule has 1 aliphatic rings. The van der Waals surface area contributed by atoms with Crippen molar-refractivity contribution in [1.29, 1.82) is 0 Å². The maximum atomic E-state index is 13.7. The van der Waals surface area contributed by atoms with E-state index in [0.29, 0.717) is 49.9 Å². The molecule has 1 aliphatic carbocycles. The highest BCUT2D eigenvalue weighted by molar-refractivity contribution is 7.92. The first-order valence-corrected chi connectivity index (χ1v) is 11.7. The summed E-state index contributed by atoms with van der Waals surface area (Å²) in [6.45, 7) is 0. The highest BCUT2D eigenvalue weighted by Crippen LogP contribution is 2.55. The molecule has 0 saturated heterocycles. The predicted octanol–water partition coefficient (Wildman–Crippen LogP) is 4.93. The van der Waals surface area contributed by atoms with Crippen molar-refractivity contribution in [1.82, 2.24) is 0 Å². The van der Waals surface area contributed by atoms with Crippen molar-refractivity contribution in [3.05, 3.63) is 24.3 Å². The Morgan fingerprint density at radius 1 is 0.719 bits per heavy atom. The van der Waals surface area contributed by atoms with Crippen LogP contribution in [0, 0.1) is 0 Å². The van der Waals surface area contributed by atoms with Crippen LogP contribution in [0.25, 0.3) is 0 Å². The van der Waals surface area contributed by atoms with Crippen LogP contribution in [-0.4, -0.2) is 45.4 Å². The minimum absolute atomic E-state index is 0.337. The van der Waals surface area contributed by atoms with Crippen molar-refractivity contribution >= 4 is 20.0 Å². The lowest BCUT2D eigenvalue weighted by atomic mass is 10.0. The summed E-state index contributed by atoms with van der Waals surface area (Å²) in [7, 11) is -11.0. The quantitative estimate of drug-likeness (QED) is 0.375. The Morgan fingerprint density at radius 2 is 1.19 bits per heavy atom. The molecule has 0 atom stereocenters. The van der Waals surface area contributed by atoms with E-state index in [1.807, 2.05) is 0 Å². The fraction of sp³-hybridized carbons (Fsp3) is 0.625. The van der Waals surface area contributed by atoms with Crippen molar-refractivity contribution in [3.8, 4) is 5.75 Å². The fourth-order valence-electron chi connectivity index (χ4n) is 2.95. The topological polar surface area (TPSA) is 77.5 Å². The summed E-state index contributed by atoms with van der Waals surface area (Å²) in [5.74, 6) is -16.1. The summed E-state index contributed by atoms with van der Waals surface area (Å²) >= 11 is 0. The summed E-state index contributed by atoms with van der Waals surface area (Å²) in [5.41, 5.74) is 0. The van der Waals surface area contributed by atoms with Gasteiger partial charge in [-0.1, -0.05) is 19.3 Å². The van der Waals surface area contributed by atoms with Crippen LogP contribution in [0.5, 0.6) is 5.75 Å². The number of rotatable bonds is 7. The average Bonchev–Trinajstić information content (AvgIpc) is 2.67. The summed E-state index contributed by atoms with van der Waals surface area (Å²) in [4.78, 5) is -0.380. The molecular weight excluding hydrogens is 507 g/mol. The summed E-state index contributed by atoms with van der Waals surface area (Å²) < 4.78 is 168. The van der Waals surface area contributed by atoms with Gasteiger partial charge in [0.15, 0.2) is 9.84 Å². The lowest BCUT2D eigenvalue weighted by molar-refractivity contribution is -0.382. The predicted molar refractivity (Wildman–Crippen MR) is 90.9 cm³/mol. The lowest BCUT2D eigenvalue weighted by Gasteiger charge is -2.32. The van der Waals surface area contributed by atoms with Gasteiger partial charge in [0, 0.05) is 0 Å². The van der Waals surface area contributed by atoms with Crippen molar-refractivity contribution in [2.75, 3.05) is 0 Å². The van der Waals surface area contributed by atoms with Crippen molar-refractivity contribution in [3.63, 3.8) is 0 Å². The molecule has 5 nitrogen and oxygen atoms in total. The Labute approximate surface area is 176 Å². The number of benzene rings is 1. The molecule has 0 unspecified atom stereocenters. The van der Waals surface area contributed by atoms with Crippen LogP contribution in [0.1, 0.15) is 32.1 Å². The molecule has 32 heavy (non-hydrogen) atoms. The molecule has 0 heterocycles. The lowest BCUT2D eigenvalue weighted by Crippen LogP contribution is -2.63. The zero-order valence-electron chi connectivity index (χ0n) is 15.7. The summed E-state index contributed by atoms with van der Waals surface area (Å²) in [5, 5.41) is -7.77. The van der Waals surface area contributed by atoms with Gasteiger partial charge in [-0.25, -0.2) is 8.42 Å². The van der Waals surface area contributed by atoms with Gasteiger partial charge in [0.05, 0.1) is 10.1 Å². The zero-order valence-corrected chi connectivity index (χ0v) is 17.3. The van der Waals surface area contributed by atoms with Gasteiger partial charge in [-0.3, -0.25) is 0 Å². The van der Waals surface area contributed by atoms with E-state index < -0.39 is 54.2 Å². The largest absolute Gasteiger partial charge is 0.460 e. The van der Waals surface area contributed by atoms with Crippen LogP contribution in [0.15, 0.2) is 29.2 Å². The monoisotopic (exact) mass is 522 g/mol. The summed E-state index contributed by atoms with van der Waals surface area (Å²) in [6, 6.07) is 2.33. The minimum Gasteiger partial charge on any atom is -0.378 e. The Morgan fingerprint density at radius 3 is 1.62 bits per heavy atom. The molecule has 0 bridgehead atoms. The smallest absolute Gasteiger partial charge is 0.378 e.